The molecule has 0 amide bonds. The normalized spacial score (nSPS) is 11.5. The van der Waals surface area contributed by atoms with Gasteiger partial charge in [-0.1, -0.05) is 172 Å². The van der Waals surface area contributed by atoms with Gasteiger partial charge < -0.3 is 4.74 Å². The van der Waals surface area contributed by atoms with Gasteiger partial charge in [-0.2, -0.15) is 0 Å². The molecular formula is C48H65OP2+. The monoisotopic (exact) mass is 723 g/mol. The first-order chi connectivity index (χ1) is 25.2. The van der Waals surface area contributed by atoms with Crippen LogP contribution < -0.4 is 31.8 Å². The summed E-state index contributed by atoms with van der Waals surface area (Å²) in [7, 11) is -1.98. The van der Waals surface area contributed by atoms with Crippen LogP contribution in [0, 0.1) is 0 Å². The Morgan fingerprint density at radius 1 is 0.510 bits per heavy atom. The maximum atomic E-state index is 4.94. The van der Waals surface area contributed by atoms with E-state index in [4.69, 9.17) is 4.74 Å². The Kier molecular flexibility index (Phi) is 20.2. The lowest BCUT2D eigenvalue weighted by molar-refractivity contribution is 0.198. The van der Waals surface area contributed by atoms with Gasteiger partial charge >= 0.3 is 0 Å². The van der Waals surface area contributed by atoms with Gasteiger partial charge in [-0.25, -0.2) is 0 Å². The summed E-state index contributed by atoms with van der Waals surface area (Å²) in [4.78, 5) is 0. The van der Waals surface area contributed by atoms with Crippen LogP contribution >= 0.6 is 15.2 Å². The zero-order valence-electron chi connectivity index (χ0n) is 31.2. The quantitative estimate of drug-likeness (QED) is 0.118. The van der Waals surface area contributed by atoms with Crippen LogP contribution in [-0.2, 0) is 4.74 Å². The predicted octanol–water partition coefficient (Wildman–Crippen LogP) is 11.8. The molecule has 7 rings (SSSR count). The Morgan fingerprint density at radius 2 is 0.745 bits per heavy atom. The summed E-state index contributed by atoms with van der Waals surface area (Å²) in [6, 6.07) is 65.3. The van der Waals surface area contributed by atoms with Crippen molar-refractivity contribution in [3.8, 4) is 0 Å². The fourth-order valence-electron chi connectivity index (χ4n) is 5.73. The fourth-order valence-corrected chi connectivity index (χ4v) is 12.1. The summed E-state index contributed by atoms with van der Waals surface area (Å²) in [5.74, 6) is 0. The van der Waals surface area contributed by atoms with Gasteiger partial charge in [-0.3, -0.25) is 0 Å². The summed E-state index contributed by atoms with van der Waals surface area (Å²) in [6.45, 7) is 13.8. The average molecular weight is 724 g/mol. The maximum Gasteiger partial charge on any atom is 0.111 e. The molecule has 0 saturated carbocycles. The third-order valence-electron chi connectivity index (χ3n) is 7.94. The summed E-state index contributed by atoms with van der Waals surface area (Å²) in [6.07, 6.45) is 6.70. The first kappa shape index (κ1) is 41.3. The molecule has 1 aliphatic heterocycles. The van der Waals surface area contributed by atoms with Crippen molar-refractivity contribution < 1.29 is 10.4 Å². The third kappa shape index (κ3) is 13.2. The highest BCUT2D eigenvalue weighted by atomic mass is 31.2. The van der Waals surface area contributed by atoms with E-state index in [9.17, 15) is 0 Å². The average Bonchev–Trinajstić information content (AvgIpc) is 3.80. The van der Waals surface area contributed by atoms with E-state index in [1.54, 1.807) is 6.08 Å². The first-order valence-electron chi connectivity index (χ1n) is 18.3. The second-order valence-electron chi connectivity index (χ2n) is 11.9. The first-order valence-corrected chi connectivity index (χ1v) is 21.6. The molecule has 0 unspecified atom stereocenters. The van der Waals surface area contributed by atoms with Crippen LogP contribution in [0.4, 0.5) is 0 Å². The van der Waals surface area contributed by atoms with E-state index >= 15 is 0 Å². The minimum Gasteiger partial charge on any atom is -0.381 e. The number of hydrogen-bond donors (Lipinski definition) is 0. The predicted molar refractivity (Wildman–Crippen MR) is 241 cm³/mol. The Hall–Kier alpha value is -4.12. The fraction of sp³-hybridized carbons (Fsp3) is 0.208. The van der Waals surface area contributed by atoms with Crippen LogP contribution in [-0.4, -0.2) is 19.4 Å². The van der Waals surface area contributed by atoms with Gasteiger partial charge in [0.1, 0.15) is 23.2 Å². The van der Waals surface area contributed by atoms with E-state index in [0.29, 0.717) is 0 Å². The molecule has 1 heterocycles. The van der Waals surface area contributed by atoms with Gasteiger partial charge in [0, 0.05) is 18.9 Å². The molecule has 0 atom stereocenters. The van der Waals surface area contributed by atoms with Crippen molar-refractivity contribution in [1.29, 1.82) is 0 Å². The van der Waals surface area contributed by atoms with Gasteiger partial charge in [0.15, 0.2) is 0 Å². The van der Waals surface area contributed by atoms with Crippen LogP contribution in [0.2, 0.25) is 0 Å². The third-order valence-corrected chi connectivity index (χ3v) is 14.9. The van der Waals surface area contributed by atoms with Gasteiger partial charge in [0.05, 0.1) is 6.16 Å². The minimum atomic E-state index is -1.53. The Labute approximate surface area is 317 Å². The molecule has 1 nitrogen and oxygen atoms in total. The topological polar surface area (TPSA) is 9.23 Å². The van der Waals surface area contributed by atoms with Crippen LogP contribution in [0.1, 0.15) is 52.7 Å². The van der Waals surface area contributed by atoms with Crippen LogP contribution in [0.5, 0.6) is 0 Å². The van der Waals surface area contributed by atoms with Crippen molar-refractivity contribution in [2.24, 2.45) is 0 Å². The van der Waals surface area contributed by atoms with Crippen LogP contribution in [0.3, 0.4) is 0 Å². The van der Waals surface area contributed by atoms with E-state index in [-0.39, 0.29) is 5.71 Å². The molecular weight excluding hydrogens is 654 g/mol. The lowest BCUT2D eigenvalue weighted by atomic mass is 10.4. The largest absolute Gasteiger partial charge is 0.381 e. The van der Waals surface area contributed by atoms with E-state index in [2.05, 4.69) is 209 Å². The van der Waals surface area contributed by atoms with Crippen molar-refractivity contribution in [1.82, 2.24) is 0 Å². The molecule has 3 heteroatoms. The minimum absolute atomic E-state index is 0. The highest BCUT2D eigenvalue weighted by molar-refractivity contribution is 7.95. The molecule has 0 spiro atoms. The lowest BCUT2D eigenvalue weighted by Gasteiger charge is -2.26. The summed E-state index contributed by atoms with van der Waals surface area (Å²) in [5, 5.41) is 8.58. The molecule has 0 aliphatic carbocycles. The van der Waals surface area contributed by atoms with Crippen molar-refractivity contribution >= 4 is 47.0 Å². The summed E-state index contributed by atoms with van der Waals surface area (Å²) in [5.41, 5.74) is 0. The maximum absolute atomic E-state index is 4.94. The van der Waals surface area contributed by atoms with Crippen molar-refractivity contribution in [2.45, 2.75) is 47.0 Å². The lowest BCUT2D eigenvalue weighted by Crippen LogP contribution is -2.32. The van der Waals surface area contributed by atoms with Crippen LogP contribution in [0.15, 0.2) is 195 Å². The number of ether oxygens (including phenoxy) is 1. The number of hydrogen-bond acceptors (Lipinski definition) is 1. The number of benzene rings is 6. The zero-order chi connectivity index (χ0) is 36.4. The summed E-state index contributed by atoms with van der Waals surface area (Å²) >= 11 is 0. The SMILES string of the molecule is C1CCOC1.C=CC.CCC.CC[P+](c1ccccc1)(c1ccccc1)c1ccccc1.[2HH].[2HH].[2HH].[2HH].c1ccc(P(c2ccccc2)c2ccccc2)cc1. The van der Waals surface area contributed by atoms with Gasteiger partial charge in [0.2, 0.25) is 0 Å². The Morgan fingerprint density at radius 3 is 0.941 bits per heavy atom. The molecule has 0 aromatic heterocycles. The highest BCUT2D eigenvalue weighted by Gasteiger charge is 2.43. The van der Waals surface area contributed by atoms with E-state index in [0.717, 1.165) is 19.4 Å². The second kappa shape index (κ2) is 24.9. The van der Waals surface area contributed by atoms with Crippen molar-refractivity contribution in [2.75, 3.05) is 19.4 Å². The van der Waals surface area contributed by atoms with E-state index < -0.39 is 15.2 Å². The molecule has 1 saturated heterocycles. The van der Waals surface area contributed by atoms with E-state index in [1.165, 1.54) is 51.1 Å². The molecule has 0 N–H and O–H groups in total. The smallest absolute Gasteiger partial charge is 0.111 e. The Bertz CT molecular complexity index is 1510. The molecule has 0 radical (unpaired) electrons. The summed E-state index contributed by atoms with van der Waals surface area (Å²) < 4.78 is 4.94. The highest BCUT2D eigenvalue weighted by Crippen LogP contribution is 2.54. The van der Waals surface area contributed by atoms with Gasteiger partial charge in [-0.15, -0.1) is 6.58 Å². The zero-order valence-corrected chi connectivity index (χ0v) is 32.9. The molecule has 1 aliphatic rings. The van der Waals surface area contributed by atoms with Crippen LogP contribution in [0.25, 0.3) is 0 Å². The Balaban J connectivity index is 0. The second-order valence-corrected chi connectivity index (χ2v) is 17.9. The molecule has 0 bridgehead atoms. The molecule has 6 aromatic rings. The molecule has 272 valence electrons. The van der Waals surface area contributed by atoms with Gasteiger partial charge in [-0.05, 0) is 86.9 Å². The molecule has 51 heavy (non-hydrogen) atoms. The molecule has 6 aromatic carbocycles. The molecule has 1 fully saturated rings. The van der Waals surface area contributed by atoms with Gasteiger partial charge in [0.25, 0.3) is 0 Å². The number of allylic oxidation sites excluding steroid dienone is 1. The van der Waals surface area contributed by atoms with Crippen molar-refractivity contribution in [3.63, 3.8) is 0 Å². The van der Waals surface area contributed by atoms with Crippen molar-refractivity contribution in [3.05, 3.63) is 195 Å². The van der Waals surface area contributed by atoms with E-state index in [1.807, 2.05) is 6.92 Å². The standard InChI is InChI=1S/C20H20P.C18H15P.C4H8O.C3H8.C3H6.4H2/c1-2-21(18-12-6-3-7-13-18,19-14-8-4-9-15-19)20-16-10-5-11-17-20;1-4-10-16(11-5-1)19(17-12-6-2-7-13-17)18-14-8-3-9-15-18;1-2-4-5-3-1;2*1-3-2;;;;/h3-17H,2H2,1H3;1-15H;1-4H2;3H2,1-2H3;3H,1H2,2H3;4*1H/q+1;;;;;;;;/i;;;;;4*1+1. The number of rotatable bonds is 7.